The van der Waals surface area contributed by atoms with Gasteiger partial charge in [0, 0.05) is 24.4 Å². The van der Waals surface area contributed by atoms with Crippen LogP contribution in [0.4, 0.5) is 0 Å². The Morgan fingerprint density at radius 2 is 2.10 bits per heavy atom. The van der Waals surface area contributed by atoms with Gasteiger partial charge in [0.1, 0.15) is 11.4 Å². The van der Waals surface area contributed by atoms with Crippen LogP contribution in [0.1, 0.15) is 25.3 Å². The van der Waals surface area contributed by atoms with Gasteiger partial charge < -0.3 is 14.8 Å². The first-order valence-electron chi connectivity index (χ1n) is 6.86. The third-order valence-electron chi connectivity index (χ3n) is 4.28. The van der Waals surface area contributed by atoms with Gasteiger partial charge in [0.25, 0.3) is 5.91 Å². The predicted molar refractivity (Wildman–Crippen MR) is 75.5 cm³/mol. The lowest BCUT2D eigenvalue weighted by Gasteiger charge is -2.45. The van der Waals surface area contributed by atoms with Crippen LogP contribution in [0.3, 0.4) is 0 Å². The maximum Gasteiger partial charge on any atom is 0.250 e. The standard InChI is InChI=1S/C16H19NO3/c1-16(2)12-9-19-13-7-5-4-6-10(13)14(12)11(8-20-16)15(18)17-3/h4-8,12,14H,9H2,1-3H3,(H,17,18)/t12-,14-/m0/s1. The first kappa shape index (κ1) is 13.0. The molecular formula is C16H19NO3. The van der Waals surface area contributed by atoms with E-state index in [2.05, 4.69) is 5.32 Å². The van der Waals surface area contributed by atoms with Crippen molar-refractivity contribution < 1.29 is 14.3 Å². The van der Waals surface area contributed by atoms with Crippen LogP contribution in [-0.2, 0) is 9.53 Å². The SMILES string of the molecule is CNC(=O)C1=COC(C)(C)[C@H]2COc3ccccc3[C@@H]12. The van der Waals surface area contributed by atoms with E-state index in [1.807, 2.05) is 38.1 Å². The summed E-state index contributed by atoms with van der Waals surface area (Å²) in [4.78, 5) is 12.1. The largest absolute Gasteiger partial charge is 0.494 e. The maximum absolute atomic E-state index is 12.1. The lowest BCUT2D eigenvalue weighted by molar-refractivity contribution is -0.119. The van der Waals surface area contributed by atoms with Crippen LogP contribution in [0.25, 0.3) is 0 Å². The number of rotatable bonds is 1. The summed E-state index contributed by atoms with van der Waals surface area (Å²) in [6.45, 7) is 4.64. The van der Waals surface area contributed by atoms with Gasteiger partial charge >= 0.3 is 0 Å². The van der Waals surface area contributed by atoms with Crippen molar-refractivity contribution in [2.45, 2.75) is 25.4 Å². The fourth-order valence-corrected chi connectivity index (χ4v) is 3.06. The number of carbonyl (C=O) groups excluding carboxylic acids is 1. The van der Waals surface area contributed by atoms with Gasteiger partial charge in [-0.15, -0.1) is 0 Å². The average molecular weight is 273 g/mol. The van der Waals surface area contributed by atoms with E-state index in [1.165, 1.54) is 0 Å². The van der Waals surface area contributed by atoms with Crippen molar-refractivity contribution in [2.24, 2.45) is 5.92 Å². The molecule has 0 bridgehead atoms. The van der Waals surface area contributed by atoms with Gasteiger partial charge in [0.15, 0.2) is 0 Å². The first-order chi connectivity index (χ1) is 9.54. The molecule has 3 rings (SSSR count). The predicted octanol–water partition coefficient (Wildman–Crippen LogP) is 2.22. The Morgan fingerprint density at radius 1 is 1.35 bits per heavy atom. The van der Waals surface area contributed by atoms with E-state index in [-0.39, 0.29) is 23.3 Å². The van der Waals surface area contributed by atoms with E-state index in [1.54, 1.807) is 13.3 Å². The highest BCUT2D eigenvalue weighted by atomic mass is 16.5. The third-order valence-corrected chi connectivity index (χ3v) is 4.28. The van der Waals surface area contributed by atoms with Crippen molar-refractivity contribution in [1.82, 2.24) is 5.32 Å². The van der Waals surface area contributed by atoms with Crippen LogP contribution in [-0.4, -0.2) is 25.2 Å². The minimum absolute atomic E-state index is 0.0173. The summed E-state index contributed by atoms with van der Waals surface area (Å²) in [5, 5.41) is 2.70. The molecule has 0 radical (unpaired) electrons. The summed E-state index contributed by atoms with van der Waals surface area (Å²) in [5.41, 5.74) is 1.39. The molecule has 4 heteroatoms. The molecular weight excluding hydrogens is 254 g/mol. The van der Waals surface area contributed by atoms with Crippen molar-refractivity contribution >= 4 is 5.91 Å². The minimum Gasteiger partial charge on any atom is -0.494 e. The van der Waals surface area contributed by atoms with E-state index < -0.39 is 0 Å². The molecule has 2 aliphatic heterocycles. The van der Waals surface area contributed by atoms with Crippen LogP contribution < -0.4 is 10.1 Å². The molecule has 1 amide bonds. The van der Waals surface area contributed by atoms with Gasteiger partial charge in [0.2, 0.25) is 0 Å². The quantitative estimate of drug-likeness (QED) is 0.853. The Labute approximate surface area is 118 Å². The van der Waals surface area contributed by atoms with Gasteiger partial charge in [-0.2, -0.15) is 0 Å². The molecule has 106 valence electrons. The third kappa shape index (κ3) is 1.87. The van der Waals surface area contributed by atoms with E-state index in [0.717, 1.165) is 11.3 Å². The smallest absolute Gasteiger partial charge is 0.250 e. The van der Waals surface area contributed by atoms with Gasteiger partial charge in [0.05, 0.1) is 18.4 Å². The lowest BCUT2D eigenvalue weighted by Crippen LogP contribution is -2.48. The molecule has 0 aromatic heterocycles. The number of ether oxygens (including phenoxy) is 2. The van der Waals surface area contributed by atoms with E-state index >= 15 is 0 Å². The molecule has 2 aliphatic rings. The van der Waals surface area contributed by atoms with Gasteiger partial charge in [-0.05, 0) is 19.9 Å². The number of fused-ring (bicyclic) bond motifs is 3. The highest BCUT2D eigenvalue weighted by molar-refractivity contribution is 5.95. The molecule has 1 N–H and O–H groups in total. The number of likely N-dealkylation sites (N-methyl/N-ethyl adjacent to an activating group) is 1. The molecule has 0 unspecified atom stereocenters. The summed E-state index contributed by atoms with van der Waals surface area (Å²) in [6.07, 6.45) is 1.61. The molecule has 1 aromatic rings. The minimum atomic E-state index is -0.351. The van der Waals surface area contributed by atoms with Crippen molar-refractivity contribution in [2.75, 3.05) is 13.7 Å². The van der Waals surface area contributed by atoms with E-state index in [0.29, 0.717) is 12.2 Å². The van der Waals surface area contributed by atoms with Crippen LogP contribution in [0, 0.1) is 5.92 Å². The molecule has 0 spiro atoms. The highest BCUT2D eigenvalue weighted by Crippen LogP contribution is 2.49. The Bertz CT molecular complexity index is 577. The molecule has 2 heterocycles. The molecule has 2 atom stereocenters. The summed E-state index contributed by atoms with van der Waals surface area (Å²) in [7, 11) is 1.64. The Kier molecular flexibility index (Phi) is 2.96. The first-order valence-corrected chi connectivity index (χ1v) is 6.86. The summed E-state index contributed by atoms with van der Waals surface area (Å²) in [6, 6.07) is 7.92. The van der Waals surface area contributed by atoms with E-state index in [4.69, 9.17) is 9.47 Å². The van der Waals surface area contributed by atoms with Crippen LogP contribution in [0.2, 0.25) is 0 Å². The topological polar surface area (TPSA) is 47.6 Å². The van der Waals surface area contributed by atoms with Crippen molar-refractivity contribution in [3.8, 4) is 5.75 Å². The maximum atomic E-state index is 12.1. The highest BCUT2D eigenvalue weighted by Gasteiger charge is 2.47. The molecule has 0 saturated heterocycles. The normalized spacial score (nSPS) is 26.2. The lowest BCUT2D eigenvalue weighted by atomic mass is 9.70. The Hall–Kier alpha value is -1.97. The zero-order valence-corrected chi connectivity index (χ0v) is 12.0. The molecule has 0 fully saturated rings. The zero-order chi connectivity index (χ0) is 14.3. The van der Waals surface area contributed by atoms with Crippen molar-refractivity contribution in [1.29, 1.82) is 0 Å². The fourth-order valence-electron chi connectivity index (χ4n) is 3.06. The van der Waals surface area contributed by atoms with E-state index in [9.17, 15) is 4.79 Å². The number of para-hydroxylation sites is 1. The van der Waals surface area contributed by atoms with Gasteiger partial charge in [-0.1, -0.05) is 18.2 Å². The van der Waals surface area contributed by atoms with Crippen LogP contribution >= 0.6 is 0 Å². The zero-order valence-electron chi connectivity index (χ0n) is 12.0. The summed E-state index contributed by atoms with van der Waals surface area (Å²) in [5.74, 6) is 0.909. The number of hydrogen-bond acceptors (Lipinski definition) is 3. The summed E-state index contributed by atoms with van der Waals surface area (Å²) >= 11 is 0. The Morgan fingerprint density at radius 3 is 2.85 bits per heavy atom. The number of benzene rings is 1. The van der Waals surface area contributed by atoms with Crippen molar-refractivity contribution in [3.05, 3.63) is 41.7 Å². The number of nitrogens with one attached hydrogen (secondary N) is 1. The molecule has 20 heavy (non-hydrogen) atoms. The molecule has 0 saturated carbocycles. The van der Waals surface area contributed by atoms with Gasteiger partial charge in [-0.25, -0.2) is 0 Å². The van der Waals surface area contributed by atoms with Crippen LogP contribution in [0.15, 0.2) is 36.1 Å². The number of hydrogen-bond donors (Lipinski definition) is 1. The second kappa shape index (κ2) is 4.54. The summed E-state index contributed by atoms with van der Waals surface area (Å²) < 4.78 is 11.6. The molecule has 4 nitrogen and oxygen atoms in total. The molecule has 1 aromatic carbocycles. The average Bonchev–Trinajstić information content (AvgIpc) is 2.46. The number of amides is 1. The monoisotopic (exact) mass is 273 g/mol. The van der Waals surface area contributed by atoms with Crippen LogP contribution in [0.5, 0.6) is 5.75 Å². The second-order valence-corrected chi connectivity index (χ2v) is 5.81. The second-order valence-electron chi connectivity index (χ2n) is 5.81. The number of carbonyl (C=O) groups is 1. The Balaban J connectivity index is 2.13. The van der Waals surface area contributed by atoms with Crippen molar-refractivity contribution in [3.63, 3.8) is 0 Å². The molecule has 0 aliphatic carbocycles. The fraction of sp³-hybridized carbons (Fsp3) is 0.438. The van der Waals surface area contributed by atoms with Gasteiger partial charge in [-0.3, -0.25) is 4.79 Å².